The Morgan fingerprint density at radius 1 is 1.12 bits per heavy atom. The Bertz CT molecular complexity index is 1140. The lowest BCUT2D eigenvalue weighted by atomic mass is 9.99. The maximum atomic E-state index is 13.1. The van der Waals surface area contributed by atoms with Gasteiger partial charge in [-0.1, -0.05) is 6.07 Å². The first kappa shape index (κ1) is 23.6. The molecule has 0 aliphatic carbocycles. The number of amides is 2. The predicted octanol–water partition coefficient (Wildman–Crippen LogP) is 4.01. The average molecular weight is 476 g/mol. The molecule has 0 bridgehead atoms. The molecule has 34 heavy (non-hydrogen) atoms. The van der Waals surface area contributed by atoms with E-state index in [1.807, 2.05) is 0 Å². The topological polar surface area (TPSA) is 88.1 Å². The third kappa shape index (κ3) is 5.01. The second kappa shape index (κ2) is 9.38. The molecular weight excluding hydrogens is 453 g/mol. The van der Waals surface area contributed by atoms with Crippen molar-refractivity contribution in [2.75, 3.05) is 30.0 Å². The largest absolute Gasteiger partial charge is 0.493 e. The highest BCUT2D eigenvalue weighted by Crippen LogP contribution is 2.38. The molecule has 2 aliphatic rings. The molecule has 0 aromatic heterocycles. The number of alkyl halides is 3. The summed E-state index contributed by atoms with van der Waals surface area (Å²) in [5.74, 6) is -0.423. The van der Waals surface area contributed by atoms with E-state index in [0.29, 0.717) is 41.1 Å². The number of hydrogen-bond donors (Lipinski definition) is 2. The molecule has 180 valence electrons. The Balaban J connectivity index is 1.58. The van der Waals surface area contributed by atoms with Gasteiger partial charge in [-0.2, -0.15) is 13.2 Å². The molecule has 2 aromatic carbocycles. The third-order valence-electron chi connectivity index (χ3n) is 5.52. The standard InChI is InChI=1S/C24H23F3N2O5/c1-14(30)23(32)29-8-10-34-20-7-5-17(13-19(20)29)28-22(31)11-15-3-2-9-33-21-12-16(24(25,26)27)4-6-18(15)21/h4-7,11-14,30H,2-3,8-10H2,1H3,(H,28,31). The van der Waals surface area contributed by atoms with Crippen LogP contribution in [-0.4, -0.2) is 42.8 Å². The molecule has 0 saturated carbocycles. The maximum Gasteiger partial charge on any atom is 0.416 e. The number of ether oxygens (including phenoxy) is 2. The van der Waals surface area contributed by atoms with E-state index >= 15 is 0 Å². The van der Waals surface area contributed by atoms with E-state index in [4.69, 9.17) is 9.47 Å². The Morgan fingerprint density at radius 3 is 2.62 bits per heavy atom. The number of allylic oxidation sites excluding steroid dienone is 1. The summed E-state index contributed by atoms with van der Waals surface area (Å²) in [4.78, 5) is 26.5. The monoisotopic (exact) mass is 476 g/mol. The SMILES string of the molecule is CC(O)C(=O)N1CCOc2ccc(NC(=O)C=C3CCCOc4cc(C(F)(F)F)ccc43)cc21. The van der Waals surface area contributed by atoms with Crippen LogP contribution in [0.5, 0.6) is 11.5 Å². The molecule has 1 atom stereocenters. The van der Waals surface area contributed by atoms with Crippen molar-refractivity contribution in [3.05, 3.63) is 53.6 Å². The first-order valence-electron chi connectivity index (χ1n) is 10.8. The van der Waals surface area contributed by atoms with Gasteiger partial charge in [-0.3, -0.25) is 9.59 Å². The van der Waals surface area contributed by atoms with E-state index in [-0.39, 0.29) is 25.5 Å². The molecule has 0 fully saturated rings. The third-order valence-corrected chi connectivity index (χ3v) is 5.52. The number of hydrogen-bond acceptors (Lipinski definition) is 5. The van der Waals surface area contributed by atoms with Crippen LogP contribution in [0.1, 0.15) is 30.9 Å². The summed E-state index contributed by atoms with van der Waals surface area (Å²) in [5.41, 5.74) is 1.01. The summed E-state index contributed by atoms with van der Waals surface area (Å²) < 4.78 is 50.3. The van der Waals surface area contributed by atoms with Crippen LogP contribution in [0.15, 0.2) is 42.5 Å². The Labute approximate surface area is 193 Å². The van der Waals surface area contributed by atoms with Crippen molar-refractivity contribution in [2.45, 2.75) is 32.0 Å². The molecule has 2 amide bonds. The molecule has 2 N–H and O–H groups in total. The van der Waals surface area contributed by atoms with Crippen LogP contribution in [0.3, 0.4) is 0 Å². The zero-order chi connectivity index (χ0) is 24.5. The van der Waals surface area contributed by atoms with Crippen molar-refractivity contribution < 1.29 is 37.3 Å². The van der Waals surface area contributed by atoms with E-state index < -0.39 is 29.7 Å². The van der Waals surface area contributed by atoms with Crippen molar-refractivity contribution in [3.63, 3.8) is 0 Å². The number of rotatable bonds is 3. The molecule has 1 unspecified atom stereocenters. The summed E-state index contributed by atoms with van der Waals surface area (Å²) >= 11 is 0. The van der Waals surface area contributed by atoms with Crippen molar-refractivity contribution in [2.24, 2.45) is 0 Å². The fourth-order valence-electron chi connectivity index (χ4n) is 3.90. The van der Waals surface area contributed by atoms with Gasteiger partial charge in [0.05, 0.1) is 24.4 Å². The van der Waals surface area contributed by atoms with Crippen LogP contribution < -0.4 is 19.7 Å². The fourth-order valence-corrected chi connectivity index (χ4v) is 3.90. The number of fused-ring (bicyclic) bond motifs is 2. The smallest absolute Gasteiger partial charge is 0.416 e. The minimum Gasteiger partial charge on any atom is -0.493 e. The summed E-state index contributed by atoms with van der Waals surface area (Å²) in [5, 5.41) is 12.4. The number of aliphatic hydroxyl groups excluding tert-OH is 1. The number of anilines is 2. The molecule has 0 saturated heterocycles. The lowest BCUT2D eigenvalue weighted by Gasteiger charge is -2.30. The first-order valence-corrected chi connectivity index (χ1v) is 10.8. The van der Waals surface area contributed by atoms with Crippen molar-refractivity contribution in [1.29, 1.82) is 0 Å². The number of carbonyl (C=O) groups excluding carboxylic acids is 2. The number of carbonyl (C=O) groups is 2. The van der Waals surface area contributed by atoms with Gasteiger partial charge in [-0.15, -0.1) is 0 Å². The highest BCUT2D eigenvalue weighted by atomic mass is 19.4. The van der Waals surface area contributed by atoms with Gasteiger partial charge in [0.15, 0.2) is 0 Å². The Morgan fingerprint density at radius 2 is 1.88 bits per heavy atom. The molecular formula is C24H23F3N2O5. The molecule has 2 heterocycles. The second-order valence-corrected chi connectivity index (χ2v) is 8.02. The Hall–Kier alpha value is -3.53. The van der Waals surface area contributed by atoms with Gasteiger partial charge in [-0.25, -0.2) is 0 Å². The van der Waals surface area contributed by atoms with Gasteiger partial charge >= 0.3 is 6.18 Å². The zero-order valence-electron chi connectivity index (χ0n) is 18.3. The van der Waals surface area contributed by atoms with Gasteiger partial charge in [0.2, 0.25) is 5.91 Å². The molecule has 10 heteroatoms. The average Bonchev–Trinajstić information content (AvgIpc) is 2.99. The summed E-state index contributed by atoms with van der Waals surface area (Å²) in [6.45, 7) is 2.15. The lowest BCUT2D eigenvalue weighted by Crippen LogP contribution is -2.42. The molecule has 2 aliphatic heterocycles. The second-order valence-electron chi connectivity index (χ2n) is 8.02. The number of halogens is 3. The van der Waals surface area contributed by atoms with E-state index in [1.165, 1.54) is 24.0 Å². The van der Waals surface area contributed by atoms with Crippen LogP contribution in [0.25, 0.3) is 5.57 Å². The Kier molecular flexibility index (Phi) is 6.52. The summed E-state index contributed by atoms with van der Waals surface area (Å²) in [6, 6.07) is 8.04. The van der Waals surface area contributed by atoms with Crippen LogP contribution in [0.2, 0.25) is 0 Å². The minimum atomic E-state index is -4.49. The molecule has 7 nitrogen and oxygen atoms in total. The van der Waals surface area contributed by atoms with Crippen LogP contribution >= 0.6 is 0 Å². The quantitative estimate of drug-likeness (QED) is 0.654. The van der Waals surface area contributed by atoms with E-state index in [1.54, 1.807) is 18.2 Å². The van der Waals surface area contributed by atoms with Crippen LogP contribution in [0.4, 0.5) is 24.5 Å². The zero-order valence-corrected chi connectivity index (χ0v) is 18.3. The van der Waals surface area contributed by atoms with Crippen molar-refractivity contribution >= 4 is 28.8 Å². The van der Waals surface area contributed by atoms with Gasteiger partial charge < -0.3 is 24.8 Å². The number of nitrogens with one attached hydrogen (secondary N) is 1. The maximum absolute atomic E-state index is 13.1. The van der Waals surface area contributed by atoms with Gasteiger partial charge in [0.1, 0.15) is 24.2 Å². The van der Waals surface area contributed by atoms with Crippen LogP contribution in [-0.2, 0) is 15.8 Å². The molecule has 4 rings (SSSR count). The number of aliphatic hydroxyl groups is 1. The summed E-state index contributed by atoms with van der Waals surface area (Å²) in [7, 11) is 0. The lowest BCUT2D eigenvalue weighted by molar-refractivity contribution is -0.137. The molecule has 2 aromatic rings. The van der Waals surface area contributed by atoms with Gasteiger partial charge in [0.25, 0.3) is 5.91 Å². The predicted molar refractivity (Wildman–Crippen MR) is 119 cm³/mol. The molecule has 0 spiro atoms. The number of benzene rings is 2. The fraction of sp³-hybridized carbons (Fsp3) is 0.333. The van der Waals surface area contributed by atoms with Crippen molar-refractivity contribution in [1.82, 2.24) is 0 Å². The van der Waals surface area contributed by atoms with Gasteiger partial charge in [0, 0.05) is 17.3 Å². The van der Waals surface area contributed by atoms with E-state index in [0.717, 1.165) is 12.1 Å². The van der Waals surface area contributed by atoms with E-state index in [2.05, 4.69) is 5.32 Å². The summed E-state index contributed by atoms with van der Waals surface area (Å²) in [6.07, 6.45) is -3.34. The normalized spacial score (nSPS) is 17.6. The first-order chi connectivity index (χ1) is 16.1. The highest BCUT2D eigenvalue weighted by Gasteiger charge is 2.32. The number of nitrogens with zero attached hydrogens (tertiary/aromatic N) is 1. The van der Waals surface area contributed by atoms with Crippen LogP contribution in [0, 0.1) is 0 Å². The minimum absolute atomic E-state index is 0.0876. The van der Waals surface area contributed by atoms with Gasteiger partial charge in [-0.05, 0) is 55.7 Å². The van der Waals surface area contributed by atoms with Crippen molar-refractivity contribution in [3.8, 4) is 11.5 Å². The van der Waals surface area contributed by atoms with E-state index in [9.17, 15) is 27.9 Å². The highest BCUT2D eigenvalue weighted by molar-refractivity contribution is 6.05. The molecule has 0 radical (unpaired) electrons.